The van der Waals surface area contributed by atoms with Gasteiger partial charge >= 0.3 is 11.9 Å². The van der Waals surface area contributed by atoms with Gasteiger partial charge in [-0.1, -0.05) is 35.3 Å². The first kappa shape index (κ1) is 20.0. The molecule has 0 aliphatic rings. The molecule has 1 aromatic carbocycles. The van der Waals surface area contributed by atoms with Gasteiger partial charge in [-0.2, -0.15) is 4.73 Å². The van der Waals surface area contributed by atoms with E-state index in [9.17, 15) is 14.8 Å². The highest BCUT2D eigenvalue weighted by atomic mass is 35.5. The standard InChI is InChI=1S/C18H17Cl2NO5/c1-5-26-18(23)14-10(3)21(24)9(2)13(17(22)25-4)15(14)11-7-6-8-12(19)16(11)20/h6-8H,5H2,1-4H3. The van der Waals surface area contributed by atoms with E-state index >= 15 is 0 Å². The molecule has 0 N–H and O–H groups in total. The molecule has 0 radical (unpaired) electrons. The number of carbonyl (C=O) groups is 2. The van der Waals surface area contributed by atoms with E-state index in [2.05, 4.69) is 0 Å². The quantitative estimate of drug-likeness (QED) is 0.444. The fourth-order valence-electron chi connectivity index (χ4n) is 2.71. The molecule has 0 aliphatic heterocycles. The maximum Gasteiger partial charge on any atom is 0.345 e. The molecule has 2 rings (SSSR count). The molecule has 0 atom stereocenters. The van der Waals surface area contributed by atoms with Gasteiger partial charge in [-0.3, -0.25) is 0 Å². The van der Waals surface area contributed by atoms with Crippen molar-refractivity contribution in [1.82, 2.24) is 0 Å². The van der Waals surface area contributed by atoms with Crippen LogP contribution in [0.3, 0.4) is 0 Å². The van der Waals surface area contributed by atoms with E-state index in [-0.39, 0.29) is 44.7 Å². The third kappa shape index (κ3) is 3.34. The maximum atomic E-state index is 12.6. The SMILES string of the molecule is CCOC(=O)c1c(-c2cccc(Cl)c2Cl)c(C(=O)OC)c(C)[n+]([O-])c1C. The molecule has 6 nitrogen and oxygen atoms in total. The Morgan fingerprint density at radius 3 is 2.23 bits per heavy atom. The Morgan fingerprint density at radius 1 is 1.12 bits per heavy atom. The van der Waals surface area contributed by atoms with Crippen molar-refractivity contribution < 1.29 is 23.8 Å². The lowest BCUT2D eigenvalue weighted by atomic mass is 9.92. The zero-order valence-electron chi connectivity index (χ0n) is 14.7. The summed E-state index contributed by atoms with van der Waals surface area (Å²) in [5, 5.41) is 12.9. The Hall–Kier alpha value is -2.31. The second-order valence-corrected chi connectivity index (χ2v) is 6.19. The number of benzene rings is 1. The zero-order chi connectivity index (χ0) is 19.6. The van der Waals surface area contributed by atoms with Crippen molar-refractivity contribution in [1.29, 1.82) is 0 Å². The highest BCUT2D eigenvalue weighted by Crippen LogP contribution is 2.39. The molecule has 0 spiro atoms. The summed E-state index contributed by atoms with van der Waals surface area (Å²) in [4.78, 5) is 25.0. The Morgan fingerprint density at radius 2 is 1.69 bits per heavy atom. The van der Waals surface area contributed by atoms with Gasteiger partial charge in [0.15, 0.2) is 0 Å². The minimum Gasteiger partial charge on any atom is -0.618 e. The van der Waals surface area contributed by atoms with Crippen LogP contribution < -0.4 is 4.73 Å². The zero-order valence-corrected chi connectivity index (χ0v) is 16.2. The van der Waals surface area contributed by atoms with E-state index in [1.165, 1.54) is 21.0 Å². The lowest BCUT2D eigenvalue weighted by Crippen LogP contribution is -2.39. The molecule has 0 saturated heterocycles. The Bertz CT molecular complexity index is 896. The normalized spacial score (nSPS) is 10.5. The van der Waals surface area contributed by atoms with Crippen molar-refractivity contribution in [2.24, 2.45) is 0 Å². The molecule has 0 saturated carbocycles. The fraction of sp³-hybridized carbons (Fsp3) is 0.278. The second-order valence-electron chi connectivity index (χ2n) is 5.40. The van der Waals surface area contributed by atoms with Gasteiger partial charge in [0.2, 0.25) is 11.4 Å². The van der Waals surface area contributed by atoms with Gasteiger partial charge in [0.25, 0.3) is 0 Å². The minimum atomic E-state index is -0.774. The molecule has 1 heterocycles. The second kappa shape index (κ2) is 7.93. The largest absolute Gasteiger partial charge is 0.618 e. The van der Waals surface area contributed by atoms with Crippen molar-refractivity contribution >= 4 is 35.1 Å². The highest BCUT2D eigenvalue weighted by molar-refractivity contribution is 6.44. The molecule has 138 valence electrons. The van der Waals surface area contributed by atoms with Crippen molar-refractivity contribution in [3.05, 3.63) is 56.0 Å². The highest BCUT2D eigenvalue weighted by Gasteiger charge is 2.34. The molecule has 0 amide bonds. The molecular weight excluding hydrogens is 381 g/mol. The lowest BCUT2D eigenvalue weighted by molar-refractivity contribution is -0.619. The monoisotopic (exact) mass is 397 g/mol. The molecule has 2 aromatic rings. The number of methoxy groups -OCH3 is 1. The number of esters is 2. The van der Waals surface area contributed by atoms with E-state index in [0.717, 1.165) is 0 Å². The molecule has 0 fully saturated rings. The van der Waals surface area contributed by atoms with E-state index in [4.69, 9.17) is 32.7 Å². The minimum absolute atomic E-state index is 0.0583. The molecular formula is C18H17Cl2NO5. The first-order chi connectivity index (χ1) is 12.3. The summed E-state index contributed by atoms with van der Waals surface area (Å²) < 4.78 is 10.4. The summed E-state index contributed by atoms with van der Waals surface area (Å²) in [6.07, 6.45) is 0. The van der Waals surface area contributed by atoms with Gasteiger partial charge in [0.1, 0.15) is 11.1 Å². The first-order valence-electron chi connectivity index (χ1n) is 7.72. The van der Waals surface area contributed by atoms with Crippen LogP contribution in [0.2, 0.25) is 10.0 Å². The van der Waals surface area contributed by atoms with Crippen molar-refractivity contribution in [2.45, 2.75) is 20.8 Å². The van der Waals surface area contributed by atoms with Crippen LogP contribution in [0.1, 0.15) is 39.0 Å². The first-order valence-corrected chi connectivity index (χ1v) is 8.48. The molecule has 0 bridgehead atoms. The molecule has 1 aromatic heterocycles. The number of carbonyl (C=O) groups excluding carboxylic acids is 2. The summed E-state index contributed by atoms with van der Waals surface area (Å²) in [7, 11) is 1.18. The van der Waals surface area contributed by atoms with Gasteiger partial charge < -0.3 is 14.7 Å². The number of nitrogens with zero attached hydrogens (tertiary/aromatic N) is 1. The summed E-state index contributed by atoms with van der Waals surface area (Å²) in [6.45, 7) is 4.67. The maximum absolute atomic E-state index is 12.6. The van der Waals surface area contributed by atoms with E-state index in [0.29, 0.717) is 10.3 Å². The number of hydrogen-bond donors (Lipinski definition) is 0. The molecule has 8 heteroatoms. The van der Waals surface area contributed by atoms with Crippen molar-refractivity contribution in [2.75, 3.05) is 13.7 Å². The number of pyridine rings is 1. The van der Waals surface area contributed by atoms with E-state index < -0.39 is 11.9 Å². The summed E-state index contributed by atoms with van der Waals surface area (Å²) in [5.74, 6) is -1.52. The predicted molar refractivity (Wildman–Crippen MR) is 97.6 cm³/mol. The van der Waals surface area contributed by atoms with Gasteiger partial charge in [-0.05, 0) is 13.0 Å². The van der Waals surface area contributed by atoms with Gasteiger partial charge in [0.05, 0.1) is 23.8 Å². The van der Waals surface area contributed by atoms with Gasteiger partial charge in [-0.15, -0.1) is 0 Å². The summed E-state index contributed by atoms with van der Waals surface area (Å²) in [5.41, 5.74) is 0.518. The number of ether oxygens (including phenoxy) is 2. The average molecular weight is 398 g/mol. The van der Waals surface area contributed by atoms with Crippen LogP contribution in [0.15, 0.2) is 18.2 Å². The number of rotatable bonds is 4. The van der Waals surface area contributed by atoms with Crippen LogP contribution in [0.25, 0.3) is 11.1 Å². The molecule has 0 aliphatic carbocycles. The average Bonchev–Trinajstić information content (AvgIpc) is 2.61. The number of aromatic nitrogens is 1. The third-order valence-electron chi connectivity index (χ3n) is 3.92. The Kier molecular flexibility index (Phi) is 6.10. The van der Waals surface area contributed by atoms with E-state index in [1.54, 1.807) is 25.1 Å². The number of hydrogen-bond acceptors (Lipinski definition) is 5. The van der Waals surface area contributed by atoms with Crippen LogP contribution in [0.4, 0.5) is 0 Å². The van der Waals surface area contributed by atoms with Crippen LogP contribution in [-0.4, -0.2) is 25.7 Å². The van der Waals surface area contributed by atoms with Gasteiger partial charge in [0, 0.05) is 25.0 Å². The van der Waals surface area contributed by atoms with Crippen LogP contribution >= 0.6 is 23.2 Å². The van der Waals surface area contributed by atoms with Crippen LogP contribution in [-0.2, 0) is 9.47 Å². The van der Waals surface area contributed by atoms with Crippen molar-refractivity contribution in [3.63, 3.8) is 0 Å². The summed E-state index contributed by atoms with van der Waals surface area (Å²) >= 11 is 12.4. The summed E-state index contributed by atoms with van der Waals surface area (Å²) in [6, 6.07) is 4.81. The smallest absolute Gasteiger partial charge is 0.345 e. The van der Waals surface area contributed by atoms with Crippen molar-refractivity contribution in [3.8, 4) is 11.1 Å². The van der Waals surface area contributed by atoms with Crippen LogP contribution in [0, 0.1) is 19.1 Å². The number of halogens is 2. The topological polar surface area (TPSA) is 79.5 Å². The Balaban J connectivity index is 3.05. The fourth-order valence-corrected chi connectivity index (χ4v) is 3.11. The molecule has 26 heavy (non-hydrogen) atoms. The predicted octanol–water partition coefficient (Wildman–Crippen LogP) is 3.87. The lowest BCUT2D eigenvalue weighted by Gasteiger charge is -2.18. The van der Waals surface area contributed by atoms with Crippen LogP contribution in [0.5, 0.6) is 0 Å². The van der Waals surface area contributed by atoms with E-state index in [1.807, 2.05) is 0 Å². The molecule has 0 unspecified atom stereocenters. The third-order valence-corrected chi connectivity index (χ3v) is 4.74. The Labute approximate surface area is 160 Å². The van der Waals surface area contributed by atoms with Gasteiger partial charge in [-0.25, -0.2) is 9.59 Å².